The maximum absolute atomic E-state index is 14.5. The maximum atomic E-state index is 14.5. The zero-order valence-corrected chi connectivity index (χ0v) is 16.3. The molecule has 8 heteroatoms. The molecular weight excluding hydrogens is 382 g/mol. The topological polar surface area (TPSA) is 60.8 Å². The molecule has 0 saturated carbocycles. The van der Waals surface area contributed by atoms with Gasteiger partial charge in [0.2, 0.25) is 5.91 Å². The first-order valence-corrected chi connectivity index (χ1v) is 9.54. The van der Waals surface area contributed by atoms with Crippen LogP contribution in [0.5, 0.6) is 5.75 Å². The van der Waals surface area contributed by atoms with Gasteiger partial charge >= 0.3 is 0 Å². The number of aryl methyl sites for hydroxylation is 1. The number of amides is 1. The van der Waals surface area contributed by atoms with E-state index in [1.165, 1.54) is 16.6 Å². The normalized spacial score (nSPS) is 21.4. The highest BCUT2D eigenvalue weighted by Crippen LogP contribution is 2.35. The zero-order valence-electron chi connectivity index (χ0n) is 16.3. The molecule has 154 valence electrons. The first-order chi connectivity index (χ1) is 13.9. The fourth-order valence-corrected chi connectivity index (χ4v) is 3.96. The highest BCUT2D eigenvalue weighted by molar-refractivity contribution is 5.97. The van der Waals surface area contributed by atoms with Crippen LogP contribution in [0.2, 0.25) is 0 Å². The number of carbonyl (C=O) groups excluding carboxylic acids is 1. The van der Waals surface area contributed by atoms with Crippen LogP contribution in [0.25, 0.3) is 0 Å². The third-order valence-electron chi connectivity index (χ3n) is 5.63. The Morgan fingerprint density at radius 2 is 1.93 bits per heavy atom. The molecule has 1 aromatic carbocycles. The summed E-state index contributed by atoms with van der Waals surface area (Å²) in [6.45, 7) is 2.89. The molecule has 6 nitrogen and oxygen atoms in total. The number of aromatic nitrogens is 1. The monoisotopic (exact) mass is 404 g/mol. The number of hydrogen-bond acceptors (Lipinski definition) is 4. The number of hydrogen-bond donors (Lipinski definition) is 0. The van der Waals surface area contributed by atoms with Crippen molar-refractivity contribution in [3.05, 3.63) is 57.5 Å². The van der Waals surface area contributed by atoms with Crippen molar-refractivity contribution >= 4 is 11.6 Å². The summed E-state index contributed by atoms with van der Waals surface area (Å²) in [5.41, 5.74) is 0.447. The van der Waals surface area contributed by atoms with Gasteiger partial charge in [-0.1, -0.05) is 0 Å². The largest absolute Gasteiger partial charge is 0.497 e. The number of rotatable bonds is 5. The Labute approximate surface area is 166 Å². The first-order valence-electron chi connectivity index (χ1n) is 9.54. The van der Waals surface area contributed by atoms with Crippen molar-refractivity contribution in [3.8, 4) is 5.75 Å². The predicted molar refractivity (Wildman–Crippen MR) is 102 cm³/mol. The van der Waals surface area contributed by atoms with Gasteiger partial charge < -0.3 is 18.9 Å². The molecule has 2 atom stereocenters. The predicted octanol–water partition coefficient (Wildman–Crippen LogP) is 2.75. The molecule has 3 heterocycles. The molecule has 0 aliphatic carbocycles. The first kappa shape index (κ1) is 19.6. The zero-order chi connectivity index (χ0) is 20.7. The standard InChI is InChI=1S/C21H22F2N2O4/c1-12-3-5-24(11-14-4-6-29-14)21(27)20(12)25-10-13(7-18(25)26)19-16(22)8-15(28-2)9-17(19)23/h3,5,8-9,13-14H,4,6-7,10-11H2,1-2H3. The summed E-state index contributed by atoms with van der Waals surface area (Å²) >= 11 is 0. The Bertz CT molecular complexity index is 993. The van der Waals surface area contributed by atoms with Gasteiger partial charge in [-0.3, -0.25) is 9.59 Å². The van der Waals surface area contributed by atoms with Gasteiger partial charge in [-0.25, -0.2) is 8.78 Å². The van der Waals surface area contributed by atoms with E-state index in [9.17, 15) is 18.4 Å². The number of benzene rings is 1. The van der Waals surface area contributed by atoms with Crippen LogP contribution in [0.3, 0.4) is 0 Å². The third-order valence-corrected chi connectivity index (χ3v) is 5.63. The lowest BCUT2D eigenvalue weighted by molar-refractivity contribution is -0.117. The van der Waals surface area contributed by atoms with E-state index >= 15 is 0 Å². The SMILES string of the molecule is COc1cc(F)c(C2CC(=O)N(c3c(C)ccn(CC4CCO4)c3=O)C2)c(F)c1. The lowest BCUT2D eigenvalue weighted by atomic mass is 9.97. The van der Waals surface area contributed by atoms with Crippen LogP contribution in [0, 0.1) is 18.6 Å². The highest BCUT2D eigenvalue weighted by Gasteiger charge is 2.37. The van der Waals surface area contributed by atoms with E-state index in [1.807, 2.05) is 0 Å². The van der Waals surface area contributed by atoms with Crippen molar-refractivity contribution in [2.75, 3.05) is 25.2 Å². The number of anilines is 1. The van der Waals surface area contributed by atoms with Gasteiger partial charge in [0, 0.05) is 49.4 Å². The Balaban J connectivity index is 1.65. The van der Waals surface area contributed by atoms with E-state index in [4.69, 9.17) is 9.47 Å². The molecule has 2 aromatic rings. The van der Waals surface area contributed by atoms with Gasteiger partial charge in [-0.2, -0.15) is 0 Å². The van der Waals surface area contributed by atoms with E-state index in [0.717, 1.165) is 18.6 Å². The highest BCUT2D eigenvalue weighted by atomic mass is 19.1. The fraction of sp³-hybridized carbons (Fsp3) is 0.429. The number of carbonyl (C=O) groups is 1. The van der Waals surface area contributed by atoms with Crippen molar-refractivity contribution < 1.29 is 23.0 Å². The van der Waals surface area contributed by atoms with Crippen LogP contribution in [0.15, 0.2) is 29.2 Å². The molecule has 1 aromatic heterocycles. The molecule has 1 amide bonds. The Kier molecular flexibility index (Phi) is 5.12. The molecule has 2 unspecified atom stereocenters. The third kappa shape index (κ3) is 3.53. The summed E-state index contributed by atoms with van der Waals surface area (Å²) in [5, 5.41) is 0. The molecule has 2 saturated heterocycles. The van der Waals surface area contributed by atoms with Gasteiger partial charge in [-0.05, 0) is 25.0 Å². The Hall–Kier alpha value is -2.74. The molecule has 0 spiro atoms. The van der Waals surface area contributed by atoms with E-state index in [0.29, 0.717) is 18.7 Å². The van der Waals surface area contributed by atoms with E-state index in [1.54, 1.807) is 19.2 Å². The fourth-order valence-electron chi connectivity index (χ4n) is 3.96. The molecule has 0 bridgehead atoms. The van der Waals surface area contributed by atoms with Crippen LogP contribution in [0.1, 0.15) is 29.9 Å². The second kappa shape index (κ2) is 7.59. The Morgan fingerprint density at radius 3 is 2.52 bits per heavy atom. The summed E-state index contributed by atoms with van der Waals surface area (Å²) in [5.74, 6) is -2.46. The summed E-state index contributed by atoms with van der Waals surface area (Å²) in [7, 11) is 1.33. The molecule has 29 heavy (non-hydrogen) atoms. The summed E-state index contributed by atoms with van der Waals surface area (Å²) in [6, 6.07) is 3.97. The number of halogens is 2. The summed E-state index contributed by atoms with van der Waals surface area (Å²) in [6.07, 6.45) is 2.49. The van der Waals surface area contributed by atoms with Crippen molar-refractivity contribution in [2.45, 2.75) is 38.3 Å². The van der Waals surface area contributed by atoms with Gasteiger partial charge in [0.15, 0.2) is 0 Å². The van der Waals surface area contributed by atoms with Gasteiger partial charge in [0.1, 0.15) is 23.1 Å². The minimum Gasteiger partial charge on any atom is -0.497 e. The number of ether oxygens (including phenoxy) is 2. The minimum atomic E-state index is -0.758. The van der Waals surface area contributed by atoms with E-state index in [2.05, 4.69) is 0 Å². The van der Waals surface area contributed by atoms with Crippen molar-refractivity contribution in [3.63, 3.8) is 0 Å². The number of pyridine rings is 1. The van der Waals surface area contributed by atoms with Crippen LogP contribution < -0.4 is 15.2 Å². The van der Waals surface area contributed by atoms with Crippen LogP contribution in [-0.2, 0) is 16.1 Å². The number of nitrogens with zero attached hydrogens (tertiary/aromatic N) is 2. The summed E-state index contributed by atoms with van der Waals surface area (Å²) in [4.78, 5) is 27.1. The second-order valence-electron chi connectivity index (χ2n) is 7.50. The molecule has 4 rings (SSSR count). The molecule has 2 fully saturated rings. The average Bonchev–Trinajstić information content (AvgIpc) is 3.00. The quantitative estimate of drug-likeness (QED) is 0.769. The average molecular weight is 404 g/mol. The lowest BCUT2D eigenvalue weighted by Gasteiger charge is -2.28. The molecular formula is C21H22F2N2O4. The van der Waals surface area contributed by atoms with Crippen molar-refractivity contribution in [1.82, 2.24) is 4.57 Å². The van der Waals surface area contributed by atoms with Crippen molar-refractivity contribution in [1.29, 1.82) is 0 Å². The molecule has 0 radical (unpaired) electrons. The smallest absolute Gasteiger partial charge is 0.274 e. The lowest BCUT2D eigenvalue weighted by Crippen LogP contribution is -2.38. The van der Waals surface area contributed by atoms with E-state index < -0.39 is 17.6 Å². The second-order valence-corrected chi connectivity index (χ2v) is 7.50. The molecule has 2 aliphatic heterocycles. The van der Waals surface area contributed by atoms with Crippen LogP contribution in [0.4, 0.5) is 14.5 Å². The van der Waals surface area contributed by atoms with Crippen LogP contribution in [-0.4, -0.2) is 36.8 Å². The van der Waals surface area contributed by atoms with Crippen LogP contribution >= 0.6 is 0 Å². The van der Waals surface area contributed by atoms with Gasteiger partial charge in [-0.15, -0.1) is 0 Å². The van der Waals surface area contributed by atoms with Gasteiger partial charge in [0.05, 0.1) is 19.8 Å². The number of methoxy groups -OCH3 is 1. The van der Waals surface area contributed by atoms with Crippen molar-refractivity contribution in [2.24, 2.45) is 0 Å². The maximum Gasteiger partial charge on any atom is 0.274 e. The molecule has 2 aliphatic rings. The van der Waals surface area contributed by atoms with E-state index in [-0.39, 0.29) is 47.5 Å². The van der Waals surface area contributed by atoms with Gasteiger partial charge in [0.25, 0.3) is 5.56 Å². The molecule has 0 N–H and O–H groups in total. The minimum absolute atomic E-state index is 0.00669. The Morgan fingerprint density at radius 1 is 1.24 bits per heavy atom. The summed E-state index contributed by atoms with van der Waals surface area (Å²) < 4.78 is 40.8.